The number of alkyl halides is 3. The van der Waals surface area contributed by atoms with E-state index in [0.29, 0.717) is 23.8 Å². The van der Waals surface area contributed by atoms with Crippen molar-refractivity contribution in [1.29, 1.82) is 0 Å². The van der Waals surface area contributed by atoms with Crippen molar-refractivity contribution in [2.45, 2.75) is 30.6 Å². The maximum Gasteiger partial charge on any atom is 0.416 e. The number of sulfonamides is 1. The molecular weight excluding hydrogens is 435 g/mol. The first-order valence-corrected chi connectivity index (χ1v) is 10.7. The average molecular weight is 453 g/mol. The molecule has 1 aliphatic heterocycles. The maximum atomic E-state index is 12.8. The molecule has 0 spiro atoms. The smallest absolute Gasteiger partial charge is 0.416 e. The Hall–Kier alpha value is -3.05. The molecule has 3 aromatic rings. The molecule has 31 heavy (non-hydrogen) atoms. The fourth-order valence-corrected chi connectivity index (χ4v) is 3.93. The summed E-state index contributed by atoms with van der Waals surface area (Å²) in [6.45, 7) is 2.49. The van der Waals surface area contributed by atoms with Gasteiger partial charge in [-0.1, -0.05) is 0 Å². The first-order valence-electron chi connectivity index (χ1n) is 9.24. The normalized spacial score (nSPS) is 16.1. The molecule has 1 aromatic heterocycles. The number of aromatic nitrogens is 2. The SMILES string of the molecule is CNS(=O)(=O)c1ccc(Oc2ccc(C(F)(F)F)cc2)c(-c2cn3c(n2)O[C@@H](C)C3)c1. The highest BCUT2D eigenvalue weighted by molar-refractivity contribution is 7.89. The monoisotopic (exact) mass is 453 g/mol. The van der Waals surface area contributed by atoms with Gasteiger partial charge in [-0.05, 0) is 56.4 Å². The molecule has 0 fully saturated rings. The van der Waals surface area contributed by atoms with Gasteiger partial charge in [0.1, 0.15) is 17.6 Å². The highest BCUT2D eigenvalue weighted by Gasteiger charge is 2.30. The van der Waals surface area contributed by atoms with Crippen LogP contribution in [-0.2, 0) is 22.7 Å². The third-order valence-corrected chi connectivity index (χ3v) is 6.13. The molecule has 0 amide bonds. The summed E-state index contributed by atoms with van der Waals surface area (Å²) in [5.74, 6) is 0.398. The highest BCUT2D eigenvalue weighted by Crippen LogP contribution is 2.38. The lowest BCUT2D eigenvalue weighted by molar-refractivity contribution is -0.137. The standard InChI is InChI=1S/C20H18F3N3O4S/c1-12-10-26-11-17(25-19(26)29-12)16-9-15(31(27,28)24-2)7-8-18(16)30-14-5-3-13(4-6-14)20(21,22)23/h3-9,11-12,24H,10H2,1-2H3/t12-/m0/s1. The number of imidazole rings is 1. The minimum Gasteiger partial charge on any atom is -0.460 e. The summed E-state index contributed by atoms with van der Waals surface area (Å²) in [5.41, 5.74) is -0.0290. The topological polar surface area (TPSA) is 82.5 Å². The number of nitrogens with one attached hydrogen (secondary N) is 1. The molecule has 0 aliphatic carbocycles. The molecule has 4 rings (SSSR count). The van der Waals surface area contributed by atoms with Crippen molar-refractivity contribution in [3.05, 3.63) is 54.2 Å². The van der Waals surface area contributed by atoms with Crippen molar-refractivity contribution in [1.82, 2.24) is 14.3 Å². The van der Waals surface area contributed by atoms with Crippen LogP contribution >= 0.6 is 0 Å². The summed E-state index contributed by atoms with van der Waals surface area (Å²) >= 11 is 0. The number of hydrogen-bond acceptors (Lipinski definition) is 5. The third kappa shape index (κ3) is 4.23. The second-order valence-corrected chi connectivity index (χ2v) is 8.87. The van der Waals surface area contributed by atoms with E-state index in [-0.39, 0.29) is 22.5 Å². The van der Waals surface area contributed by atoms with E-state index in [4.69, 9.17) is 9.47 Å². The highest BCUT2D eigenvalue weighted by atomic mass is 32.2. The third-order valence-electron chi connectivity index (χ3n) is 4.72. The zero-order chi connectivity index (χ0) is 22.4. The molecule has 0 radical (unpaired) electrons. The number of hydrogen-bond donors (Lipinski definition) is 1. The molecule has 2 aromatic carbocycles. The van der Waals surface area contributed by atoms with Gasteiger partial charge < -0.3 is 9.47 Å². The van der Waals surface area contributed by atoms with Crippen LogP contribution in [0, 0.1) is 0 Å². The summed E-state index contributed by atoms with van der Waals surface area (Å²) in [6, 6.07) is 8.79. The molecule has 1 atom stereocenters. The van der Waals surface area contributed by atoms with E-state index in [9.17, 15) is 21.6 Å². The van der Waals surface area contributed by atoms with Gasteiger partial charge >= 0.3 is 6.18 Å². The van der Waals surface area contributed by atoms with Crippen molar-refractivity contribution in [3.8, 4) is 28.8 Å². The summed E-state index contributed by atoms with van der Waals surface area (Å²) in [5, 5.41) is 0. The van der Waals surface area contributed by atoms with Gasteiger partial charge in [0.2, 0.25) is 10.0 Å². The molecule has 0 saturated heterocycles. The summed E-state index contributed by atoms with van der Waals surface area (Å²) in [4.78, 5) is 4.40. The van der Waals surface area contributed by atoms with Crippen LogP contribution in [0.1, 0.15) is 12.5 Å². The second kappa shape index (κ2) is 7.57. The second-order valence-electron chi connectivity index (χ2n) is 6.98. The Bertz CT molecular complexity index is 1200. The number of halogens is 3. The number of ether oxygens (including phenoxy) is 2. The Morgan fingerprint density at radius 3 is 2.52 bits per heavy atom. The van der Waals surface area contributed by atoms with E-state index in [1.165, 1.54) is 37.4 Å². The van der Waals surface area contributed by atoms with Crippen LogP contribution in [0.2, 0.25) is 0 Å². The number of rotatable bonds is 5. The Labute approximate surface area is 176 Å². The fraction of sp³-hybridized carbons (Fsp3) is 0.250. The van der Waals surface area contributed by atoms with Crippen molar-refractivity contribution in [2.75, 3.05) is 7.05 Å². The van der Waals surface area contributed by atoms with E-state index in [0.717, 1.165) is 12.1 Å². The molecule has 7 nitrogen and oxygen atoms in total. The summed E-state index contributed by atoms with van der Waals surface area (Å²) in [6.07, 6.45) is -2.78. The molecule has 0 saturated carbocycles. The molecule has 11 heteroatoms. The van der Waals surface area contributed by atoms with Gasteiger partial charge in [0.25, 0.3) is 6.01 Å². The van der Waals surface area contributed by atoms with Crippen molar-refractivity contribution >= 4 is 10.0 Å². The lowest BCUT2D eigenvalue weighted by Gasteiger charge is -2.13. The van der Waals surface area contributed by atoms with E-state index in [1.54, 1.807) is 10.8 Å². The molecule has 2 heterocycles. The van der Waals surface area contributed by atoms with E-state index < -0.39 is 21.8 Å². The van der Waals surface area contributed by atoms with Crippen LogP contribution in [0.4, 0.5) is 13.2 Å². The molecule has 1 aliphatic rings. The van der Waals surface area contributed by atoms with Gasteiger partial charge in [-0.15, -0.1) is 0 Å². The number of benzene rings is 2. The Kier molecular flexibility index (Phi) is 5.18. The average Bonchev–Trinajstić information content (AvgIpc) is 3.25. The van der Waals surface area contributed by atoms with E-state index in [1.807, 2.05) is 6.92 Å². The lowest BCUT2D eigenvalue weighted by Crippen LogP contribution is -2.18. The summed E-state index contributed by atoms with van der Waals surface area (Å²) < 4.78 is 78.4. The van der Waals surface area contributed by atoms with Gasteiger partial charge in [-0.2, -0.15) is 18.2 Å². The minimum atomic E-state index is -4.46. The molecule has 0 bridgehead atoms. The Morgan fingerprint density at radius 1 is 1.19 bits per heavy atom. The molecule has 0 unspecified atom stereocenters. The van der Waals surface area contributed by atoms with E-state index in [2.05, 4.69) is 9.71 Å². The minimum absolute atomic E-state index is 0.00721. The predicted molar refractivity (Wildman–Crippen MR) is 106 cm³/mol. The van der Waals surface area contributed by atoms with Crippen LogP contribution in [0.5, 0.6) is 17.5 Å². The van der Waals surface area contributed by atoms with Gasteiger partial charge in [-0.25, -0.2) is 13.1 Å². The van der Waals surface area contributed by atoms with Crippen molar-refractivity contribution in [2.24, 2.45) is 0 Å². The number of fused-ring (bicyclic) bond motifs is 1. The van der Waals surface area contributed by atoms with E-state index >= 15 is 0 Å². The van der Waals surface area contributed by atoms with Crippen LogP contribution in [-0.4, -0.2) is 31.1 Å². The first-order chi connectivity index (χ1) is 14.6. The summed E-state index contributed by atoms with van der Waals surface area (Å²) in [7, 11) is -2.45. The predicted octanol–water partition coefficient (Wildman–Crippen LogP) is 4.05. The zero-order valence-electron chi connectivity index (χ0n) is 16.5. The fourth-order valence-electron chi connectivity index (χ4n) is 3.17. The van der Waals surface area contributed by atoms with Crippen LogP contribution < -0.4 is 14.2 Å². The first kappa shape index (κ1) is 21.2. The molecular formula is C20H18F3N3O4S. The van der Waals surface area contributed by atoms with Crippen molar-refractivity contribution < 1.29 is 31.1 Å². The van der Waals surface area contributed by atoms with Crippen LogP contribution in [0.15, 0.2) is 53.6 Å². The zero-order valence-corrected chi connectivity index (χ0v) is 17.3. The molecule has 1 N–H and O–H groups in total. The quantitative estimate of drug-likeness (QED) is 0.630. The van der Waals surface area contributed by atoms with Gasteiger partial charge in [0.15, 0.2) is 0 Å². The Morgan fingerprint density at radius 2 is 1.90 bits per heavy atom. The number of nitrogens with zero attached hydrogens (tertiary/aromatic N) is 2. The molecule has 164 valence electrons. The maximum absolute atomic E-state index is 12.8. The Balaban J connectivity index is 1.74. The van der Waals surface area contributed by atoms with Crippen LogP contribution in [0.25, 0.3) is 11.3 Å². The lowest BCUT2D eigenvalue weighted by atomic mass is 10.1. The van der Waals surface area contributed by atoms with Crippen LogP contribution in [0.3, 0.4) is 0 Å². The van der Waals surface area contributed by atoms with Gasteiger partial charge in [0.05, 0.1) is 22.7 Å². The van der Waals surface area contributed by atoms with Gasteiger partial charge in [-0.3, -0.25) is 4.57 Å². The largest absolute Gasteiger partial charge is 0.460 e. The van der Waals surface area contributed by atoms with Gasteiger partial charge in [0, 0.05) is 11.8 Å². The van der Waals surface area contributed by atoms with Crippen molar-refractivity contribution in [3.63, 3.8) is 0 Å².